The van der Waals surface area contributed by atoms with Gasteiger partial charge < -0.3 is 5.32 Å². The highest BCUT2D eigenvalue weighted by Gasteiger charge is 2.41. The maximum absolute atomic E-state index is 12.6. The molecule has 6 nitrogen and oxygen atoms in total. The molecule has 2 heterocycles. The van der Waals surface area contributed by atoms with E-state index in [0.717, 1.165) is 40.3 Å². The quantitative estimate of drug-likeness (QED) is 0.472. The van der Waals surface area contributed by atoms with E-state index in [2.05, 4.69) is 16.4 Å². The second kappa shape index (κ2) is 10.5. The topological polar surface area (TPSA) is 78.8 Å². The van der Waals surface area contributed by atoms with Crippen molar-refractivity contribution in [2.75, 3.05) is 13.1 Å². The SMILES string of the molecule is O=C1C=C(NC2CCN(S(=O)(=O)C3CC3)CC2)c2cc(=C(c3ccc(Cl)cc3)c3ccc(Cl)cc3)ccc2=N1. The van der Waals surface area contributed by atoms with E-state index in [1.807, 2.05) is 60.7 Å². The molecule has 2 fully saturated rings. The van der Waals surface area contributed by atoms with Gasteiger partial charge in [-0.05, 0) is 84.0 Å². The van der Waals surface area contributed by atoms with Gasteiger partial charge in [0.05, 0.1) is 10.6 Å². The lowest BCUT2D eigenvalue weighted by molar-refractivity contribution is -0.113. The molecule has 1 N–H and O–H groups in total. The number of hydrogen-bond acceptors (Lipinski definition) is 4. The predicted molar refractivity (Wildman–Crippen MR) is 154 cm³/mol. The Labute approximate surface area is 237 Å². The van der Waals surface area contributed by atoms with E-state index in [1.165, 1.54) is 6.08 Å². The van der Waals surface area contributed by atoms with Gasteiger partial charge >= 0.3 is 0 Å². The molecule has 1 amide bonds. The first-order valence-corrected chi connectivity index (χ1v) is 15.3. The number of hydrogen-bond donors (Lipinski definition) is 1. The minimum Gasteiger partial charge on any atom is -0.382 e. The first kappa shape index (κ1) is 26.3. The average Bonchev–Trinajstić information content (AvgIpc) is 3.78. The van der Waals surface area contributed by atoms with Gasteiger partial charge in [0, 0.05) is 46.5 Å². The van der Waals surface area contributed by atoms with Gasteiger partial charge in [-0.1, -0.05) is 53.5 Å². The van der Waals surface area contributed by atoms with E-state index in [4.69, 9.17) is 23.2 Å². The van der Waals surface area contributed by atoms with Gasteiger partial charge in [-0.25, -0.2) is 17.7 Å². The maximum atomic E-state index is 12.6. The molecule has 3 aromatic carbocycles. The van der Waals surface area contributed by atoms with Crippen molar-refractivity contribution in [3.05, 3.63) is 110 Å². The van der Waals surface area contributed by atoms with Crippen LogP contribution in [0.1, 0.15) is 42.4 Å². The lowest BCUT2D eigenvalue weighted by Crippen LogP contribution is -2.46. The van der Waals surface area contributed by atoms with Gasteiger partial charge in [0.15, 0.2) is 0 Å². The first-order chi connectivity index (χ1) is 18.8. The first-order valence-electron chi connectivity index (χ1n) is 13.0. The van der Waals surface area contributed by atoms with E-state index in [9.17, 15) is 13.2 Å². The summed E-state index contributed by atoms with van der Waals surface area (Å²) >= 11 is 12.4. The second-order valence-corrected chi connectivity index (χ2v) is 13.3. The van der Waals surface area contributed by atoms with E-state index in [1.54, 1.807) is 4.31 Å². The summed E-state index contributed by atoms with van der Waals surface area (Å²) in [4.78, 5) is 16.7. The Bertz CT molecular complexity index is 1640. The number of benzene rings is 3. The number of carbonyl (C=O) groups is 1. The minimum absolute atomic E-state index is 0.0558. The van der Waals surface area contributed by atoms with Crippen LogP contribution in [0, 0.1) is 0 Å². The summed E-state index contributed by atoms with van der Waals surface area (Å²) in [6.45, 7) is 0.972. The van der Waals surface area contributed by atoms with Crippen LogP contribution < -0.4 is 15.9 Å². The molecule has 0 spiro atoms. The minimum atomic E-state index is -3.17. The zero-order chi connectivity index (χ0) is 27.1. The molecule has 1 saturated carbocycles. The van der Waals surface area contributed by atoms with Crippen LogP contribution in [-0.2, 0) is 14.8 Å². The van der Waals surface area contributed by atoms with Crippen molar-refractivity contribution < 1.29 is 13.2 Å². The Kier molecular flexibility index (Phi) is 7.10. The fourth-order valence-electron chi connectivity index (χ4n) is 5.26. The monoisotopic (exact) mass is 579 g/mol. The molecule has 3 aromatic rings. The fourth-order valence-corrected chi connectivity index (χ4v) is 7.39. The van der Waals surface area contributed by atoms with Crippen LogP contribution in [0.2, 0.25) is 10.0 Å². The van der Waals surface area contributed by atoms with Crippen LogP contribution in [-0.4, -0.2) is 43.0 Å². The molecule has 9 heteroatoms. The summed E-state index contributed by atoms with van der Waals surface area (Å²) in [5.41, 5.74) is 4.53. The normalized spacial score (nSPS) is 18.2. The summed E-state index contributed by atoms with van der Waals surface area (Å²) in [5.74, 6) is -0.314. The van der Waals surface area contributed by atoms with Crippen molar-refractivity contribution in [3.8, 4) is 0 Å². The number of halogens is 2. The standard InChI is InChI=1S/C30H27Cl2N3O3S/c31-22-6-1-19(2-7-22)30(20-3-8-23(32)9-4-20)21-5-12-27-26(17-21)28(18-29(36)34-27)33-24-13-15-35(16-14-24)39(37,38)25-10-11-25/h1-9,12,17-18,24-25,33H,10-11,13-16H2. The summed E-state index contributed by atoms with van der Waals surface area (Å²) in [5, 5.41) is 6.22. The van der Waals surface area contributed by atoms with Gasteiger partial charge in [-0.2, -0.15) is 0 Å². The molecule has 39 heavy (non-hydrogen) atoms. The van der Waals surface area contributed by atoms with Gasteiger partial charge in [-0.15, -0.1) is 0 Å². The number of amides is 1. The van der Waals surface area contributed by atoms with Crippen molar-refractivity contribution in [2.24, 2.45) is 4.99 Å². The van der Waals surface area contributed by atoms with Crippen LogP contribution in [0.25, 0.3) is 11.3 Å². The van der Waals surface area contributed by atoms with Crippen molar-refractivity contribution in [1.82, 2.24) is 9.62 Å². The van der Waals surface area contributed by atoms with Crippen LogP contribution >= 0.6 is 23.2 Å². The highest BCUT2D eigenvalue weighted by molar-refractivity contribution is 7.90. The Morgan fingerprint density at radius 3 is 2.00 bits per heavy atom. The van der Waals surface area contributed by atoms with E-state index < -0.39 is 10.0 Å². The molecule has 1 aliphatic carbocycles. The Morgan fingerprint density at radius 2 is 1.44 bits per heavy atom. The largest absolute Gasteiger partial charge is 0.382 e. The van der Waals surface area contributed by atoms with Crippen LogP contribution in [0.4, 0.5) is 0 Å². The number of fused-ring (bicyclic) bond motifs is 1. The van der Waals surface area contributed by atoms with Gasteiger partial charge in [-0.3, -0.25) is 4.79 Å². The van der Waals surface area contributed by atoms with Crippen LogP contribution in [0.5, 0.6) is 0 Å². The van der Waals surface area contributed by atoms with Crippen molar-refractivity contribution in [2.45, 2.75) is 37.0 Å². The van der Waals surface area contributed by atoms with Gasteiger partial charge in [0.2, 0.25) is 10.0 Å². The Balaban J connectivity index is 1.36. The number of nitrogens with one attached hydrogen (secondary N) is 1. The molecule has 0 radical (unpaired) electrons. The summed E-state index contributed by atoms with van der Waals surface area (Å²) in [6.07, 6.45) is 4.42. The summed E-state index contributed by atoms with van der Waals surface area (Å²) in [6, 6.07) is 21.3. The molecule has 1 saturated heterocycles. The maximum Gasteiger partial charge on any atom is 0.272 e. The van der Waals surface area contributed by atoms with Crippen molar-refractivity contribution in [1.29, 1.82) is 0 Å². The third kappa shape index (κ3) is 5.54. The number of sulfonamides is 1. The van der Waals surface area contributed by atoms with E-state index >= 15 is 0 Å². The van der Waals surface area contributed by atoms with Crippen LogP contribution in [0.15, 0.2) is 77.8 Å². The number of carbonyl (C=O) groups excluding carboxylic acids is 1. The van der Waals surface area contributed by atoms with Crippen molar-refractivity contribution >= 4 is 50.4 Å². The molecule has 200 valence electrons. The zero-order valence-corrected chi connectivity index (χ0v) is 23.4. The smallest absolute Gasteiger partial charge is 0.272 e. The van der Waals surface area contributed by atoms with E-state index in [0.29, 0.717) is 47.0 Å². The lowest BCUT2D eigenvalue weighted by Gasteiger charge is -2.33. The summed E-state index contributed by atoms with van der Waals surface area (Å²) in [7, 11) is -3.17. The van der Waals surface area contributed by atoms with Gasteiger partial charge in [0.1, 0.15) is 0 Å². The number of rotatable bonds is 6. The molecular formula is C30H27Cl2N3O3S. The Hall–Kier alpha value is -2.97. The predicted octanol–water partition coefficient (Wildman–Crippen LogP) is 4.29. The van der Waals surface area contributed by atoms with Crippen LogP contribution in [0.3, 0.4) is 0 Å². The van der Waals surface area contributed by atoms with E-state index in [-0.39, 0.29) is 17.2 Å². The molecular weight excluding hydrogens is 553 g/mol. The average molecular weight is 581 g/mol. The third-order valence-corrected chi connectivity index (χ3v) is 10.4. The molecule has 0 aromatic heterocycles. The second-order valence-electron chi connectivity index (χ2n) is 10.2. The lowest BCUT2D eigenvalue weighted by atomic mass is 9.94. The number of nitrogens with zero attached hydrogens (tertiary/aromatic N) is 2. The molecule has 0 unspecified atom stereocenters. The molecule has 0 atom stereocenters. The molecule has 6 rings (SSSR count). The highest BCUT2D eigenvalue weighted by atomic mass is 35.5. The fraction of sp³-hybridized carbons (Fsp3) is 0.267. The molecule has 0 bridgehead atoms. The highest BCUT2D eigenvalue weighted by Crippen LogP contribution is 2.32. The number of piperidine rings is 1. The zero-order valence-electron chi connectivity index (χ0n) is 21.1. The molecule has 3 aliphatic rings. The van der Waals surface area contributed by atoms with Crippen molar-refractivity contribution in [3.63, 3.8) is 0 Å². The Morgan fingerprint density at radius 1 is 0.846 bits per heavy atom. The van der Waals surface area contributed by atoms with Gasteiger partial charge in [0.25, 0.3) is 5.91 Å². The third-order valence-electron chi connectivity index (χ3n) is 7.46. The summed E-state index contributed by atoms with van der Waals surface area (Å²) < 4.78 is 26.9. The molecule has 2 aliphatic heterocycles.